The third kappa shape index (κ3) is 4.28. The monoisotopic (exact) mass is 314 g/mol. The second kappa shape index (κ2) is 7.17. The molecule has 2 heterocycles. The molecule has 1 atom stereocenters. The maximum absolute atomic E-state index is 12.1. The third-order valence-electron chi connectivity index (χ3n) is 3.04. The second-order valence-electron chi connectivity index (χ2n) is 5.35. The number of nitrogens with zero attached hydrogens (tertiary/aromatic N) is 1. The van der Waals surface area contributed by atoms with Crippen molar-refractivity contribution in [1.82, 2.24) is 10.3 Å². The number of carbonyl (C=O) groups is 1. The molecule has 1 aromatic rings. The van der Waals surface area contributed by atoms with E-state index in [4.69, 9.17) is 5.73 Å². The summed E-state index contributed by atoms with van der Waals surface area (Å²) in [5.41, 5.74) is 5.83. The fourth-order valence-corrected chi connectivity index (χ4v) is 3.96. The van der Waals surface area contributed by atoms with Crippen molar-refractivity contribution in [2.45, 2.75) is 31.9 Å². The number of rotatable bonds is 6. The Morgan fingerprint density at radius 1 is 1.55 bits per heavy atom. The Balaban J connectivity index is 1.88. The number of nitrogens with two attached hydrogens (primary N) is 1. The zero-order chi connectivity index (χ0) is 14.5. The number of nitrogen functional groups attached to an aromatic ring is 1. The van der Waals surface area contributed by atoms with Crippen molar-refractivity contribution >= 4 is 40.0 Å². The molecule has 1 unspecified atom stereocenters. The molecule has 0 spiro atoms. The Morgan fingerprint density at radius 2 is 2.35 bits per heavy atom. The number of hydrogen-bond donors (Lipinski definition) is 3. The lowest BCUT2D eigenvalue weighted by Crippen LogP contribution is -2.29. The molecule has 0 radical (unpaired) electrons. The zero-order valence-electron chi connectivity index (χ0n) is 11.9. The van der Waals surface area contributed by atoms with Gasteiger partial charge in [0.15, 0.2) is 5.13 Å². The highest BCUT2D eigenvalue weighted by Crippen LogP contribution is 2.27. The second-order valence-corrected chi connectivity index (χ2v) is 7.76. The number of hydrogen-bond acceptors (Lipinski definition) is 6. The van der Waals surface area contributed by atoms with Crippen LogP contribution in [0.25, 0.3) is 0 Å². The molecule has 112 valence electrons. The first kappa shape index (κ1) is 15.4. The molecule has 1 aliphatic rings. The molecule has 2 rings (SSSR count). The lowest BCUT2D eigenvalue weighted by Gasteiger charge is -2.09. The minimum absolute atomic E-state index is 0.106. The predicted octanol–water partition coefficient (Wildman–Crippen LogP) is 2.42. The summed E-state index contributed by atoms with van der Waals surface area (Å²) in [6.45, 7) is 5.79. The largest absolute Gasteiger partial charge is 0.382 e. The van der Waals surface area contributed by atoms with Crippen LogP contribution in [0.3, 0.4) is 0 Å². The van der Waals surface area contributed by atoms with Gasteiger partial charge in [0, 0.05) is 18.3 Å². The fraction of sp³-hybridized carbons (Fsp3) is 0.692. The van der Waals surface area contributed by atoms with E-state index < -0.39 is 0 Å². The Labute approximate surface area is 128 Å². The molecule has 5 nitrogen and oxygen atoms in total. The van der Waals surface area contributed by atoms with E-state index in [2.05, 4.69) is 29.5 Å². The number of amides is 1. The minimum Gasteiger partial charge on any atom is -0.382 e. The Bertz CT molecular complexity index is 455. The van der Waals surface area contributed by atoms with Crippen molar-refractivity contribution in [3.05, 3.63) is 4.88 Å². The molecule has 0 saturated carbocycles. The van der Waals surface area contributed by atoms with Crippen LogP contribution in [0.4, 0.5) is 10.9 Å². The van der Waals surface area contributed by atoms with E-state index >= 15 is 0 Å². The van der Waals surface area contributed by atoms with Crippen molar-refractivity contribution in [2.24, 2.45) is 5.92 Å². The first-order chi connectivity index (χ1) is 9.56. The zero-order valence-corrected chi connectivity index (χ0v) is 13.6. The number of aromatic nitrogens is 1. The molecule has 0 aliphatic carbocycles. The summed E-state index contributed by atoms with van der Waals surface area (Å²) < 4.78 is 0. The molecular weight excluding hydrogens is 292 g/mol. The van der Waals surface area contributed by atoms with Gasteiger partial charge in [0.2, 0.25) is 0 Å². The smallest absolute Gasteiger partial charge is 0.265 e. The Kier molecular flexibility index (Phi) is 5.54. The molecule has 4 N–H and O–H groups in total. The summed E-state index contributed by atoms with van der Waals surface area (Å²) in [6, 6.07) is 0. The van der Waals surface area contributed by atoms with E-state index in [1.807, 2.05) is 11.8 Å². The number of thiazole rings is 1. The Hall–Kier alpha value is -0.950. The van der Waals surface area contributed by atoms with Crippen LogP contribution in [0.1, 0.15) is 36.4 Å². The first-order valence-electron chi connectivity index (χ1n) is 6.96. The summed E-state index contributed by atoms with van der Waals surface area (Å²) >= 11 is 3.26. The molecule has 1 aromatic heterocycles. The fourth-order valence-electron chi connectivity index (χ4n) is 1.95. The van der Waals surface area contributed by atoms with Crippen molar-refractivity contribution in [3.63, 3.8) is 0 Å². The average Bonchev–Trinajstić information content (AvgIpc) is 3.03. The van der Waals surface area contributed by atoms with Crippen LogP contribution < -0.4 is 16.4 Å². The van der Waals surface area contributed by atoms with Gasteiger partial charge in [-0.3, -0.25) is 4.79 Å². The van der Waals surface area contributed by atoms with E-state index in [1.54, 1.807) is 0 Å². The molecule has 1 aliphatic heterocycles. The maximum atomic E-state index is 12.1. The van der Waals surface area contributed by atoms with E-state index in [9.17, 15) is 4.79 Å². The highest BCUT2D eigenvalue weighted by molar-refractivity contribution is 8.00. The average molecular weight is 314 g/mol. The van der Waals surface area contributed by atoms with Crippen LogP contribution in [0, 0.1) is 5.92 Å². The SMILES string of the molecule is CC(C)CNc1nc(N)c(C(=O)NCC2CCCS2)s1. The van der Waals surface area contributed by atoms with E-state index in [-0.39, 0.29) is 5.91 Å². The van der Waals surface area contributed by atoms with Crippen LogP contribution in [0.2, 0.25) is 0 Å². The van der Waals surface area contributed by atoms with E-state index in [0.717, 1.165) is 18.2 Å². The van der Waals surface area contributed by atoms with Crippen molar-refractivity contribution in [1.29, 1.82) is 0 Å². The van der Waals surface area contributed by atoms with Gasteiger partial charge in [-0.15, -0.1) is 0 Å². The number of anilines is 2. The minimum atomic E-state index is -0.106. The summed E-state index contributed by atoms with van der Waals surface area (Å²) in [7, 11) is 0. The lowest BCUT2D eigenvalue weighted by atomic mass is 10.2. The Morgan fingerprint density at radius 3 is 3.00 bits per heavy atom. The van der Waals surface area contributed by atoms with Gasteiger partial charge < -0.3 is 16.4 Å². The van der Waals surface area contributed by atoms with Crippen molar-refractivity contribution in [3.8, 4) is 0 Å². The molecule has 20 heavy (non-hydrogen) atoms. The van der Waals surface area contributed by atoms with Crippen LogP contribution in [-0.2, 0) is 0 Å². The molecule has 0 bridgehead atoms. The van der Waals surface area contributed by atoms with Gasteiger partial charge in [0.1, 0.15) is 10.7 Å². The molecule has 1 amide bonds. The number of nitrogens with one attached hydrogen (secondary N) is 2. The molecule has 1 saturated heterocycles. The van der Waals surface area contributed by atoms with Gasteiger partial charge >= 0.3 is 0 Å². The molecule has 0 aromatic carbocycles. The summed E-state index contributed by atoms with van der Waals surface area (Å²) in [5, 5.41) is 7.43. The van der Waals surface area contributed by atoms with Crippen LogP contribution in [0.15, 0.2) is 0 Å². The van der Waals surface area contributed by atoms with Crippen LogP contribution in [0.5, 0.6) is 0 Å². The summed E-state index contributed by atoms with van der Waals surface area (Å²) in [6.07, 6.45) is 2.43. The van der Waals surface area contributed by atoms with Gasteiger partial charge in [-0.2, -0.15) is 11.8 Å². The van der Waals surface area contributed by atoms with Gasteiger partial charge in [0.25, 0.3) is 5.91 Å². The van der Waals surface area contributed by atoms with Crippen LogP contribution >= 0.6 is 23.1 Å². The predicted molar refractivity (Wildman–Crippen MR) is 87.7 cm³/mol. The van der Waals surface area contributed by atoms with Crippen LogP contribution in [-0.4, -0.2) is 35.0 Å². The van der Waals surface area contributed by atoms with Crippen molar-refractivity contribution < 1.29 is 4.79 Å². The molecule has 7 heteroatoms. The van der Waals surface area contributed by atoms with Gasteiger partial charge in [-0.05, 0) is 24.5 Å². The quantitative estimate of drug-likeness (QED) is 0.751. The highest BCUT2D eigenvalue weighted by Gasteiger charge is 2.20. The maximum Gasteiger partial charge on any atom is 0.265 e. The summed E-state index contributed by atoms with van der Waals surface area (Å²) in [4.78, 5) is 16.8. The van der Waals surface area contributed by atoms with Gasteiger partial charge in [-0.1, -0.05) is 25.2 Å². The standard InChI is InChI=1S/C13H22N4OS2/c1-8(2)6-16-13-17-11(14)10(20-13)12(18)15-7-9-4-3-5-19-9/h8-9H,3-7,14H2,1-2H3,(H,15,18)(H,16,17). The normalized spacial score (nSPS) is 18.4. The lowest BCUT2D eigenvalue weighted by molar-refractivity contribution is 0.0958. The van der Waals surface area contributed by atoms with Crippen molar-refractivity contribution in [2.75, 3.05) is 29.9 Å². The number of thioether (sulfide) groups is 1. The van der Waals surface area contributed by atoms with Gasteiger partial charge in [0.05, 0.1) is 0 Å². The molecular formula is C13H22N4OS2. The third-order valence-corrected chi connectivity index (χ3v) is 5.46. The van der Waals surface area contributed by atoms with Gasteiger partial charge in [-0.25, -0.2) is 4.98 Å². The number of carbonyl (C=O) groups excluding carboxylic acids is 1. The highest BCUT2D eigenvalue weighted by atomic mass is 32.2. The summed E-state index contributed by atoms with van der Waals surface area (Å²) in [5.74, 6) is 1.94. The topological polar surface area (TPSA) is 80.0 Å². The first-order valence-corrected chi connectivity index (χ1v) is 8.82. The van der Waals surface area contributed by atoms with E-state index in [1.165, 1.54) is 29.9 Å². The van der Waals surface area contributed by atoms with E-state index in [0.29, 0.717) is 21.9 Å². The molecule has 1 fully saturated rings.